The molecule has 1 aromatic heterocycles. The highest BCUT2D eigenvalue weighted by atomic mass is 16.6. The number of rotatable bonds is 4. The molecule has 0 radical (unpaired) electrons. The summed E-state index contributed by atoms with van der Waals surface area (Å²) >= 11 is 0. The molecule has 2 rings (SSSR count). The van der Waals surface area contributed by atoms with Gasteiger partial charge in [-0.1, -0.05) is 6.07 Å². The van der Waals surface area contributed by atoms with Crippen molar-refractivity contribution in [3.05, 3.63) is 52.2 Å². The molecule has 0 aliphatic carbocycles. The van der Waals surface area contributed by atoms with Crippen LogP contribution in [0.2, 0.25) is 0 Å². The van der Waals surface area contributed by atoms with E-state index in [0.29, 0.717) is 11.3 Å². The van der Waals surface area contributed by atoms with Crippen LogP contribution in [0, 0.1) is 10.1 Å². The van der Waals surface area contributed by atoms with Crippen LogP contribution in [0.25, 0.3) is 11.3 Å². The van der Waals surface area contributed by atoms with Gasteiger partial charge in [-0.3, -0.25) is 15.1 Å². The van der Waals surface area contributed by atoms with Crippen molar-refractivity contribution < 1.29 is 19.6 Å². The van der Waals surface area contributed by atoms with Crippen LogP contribution in [0.15, 0.2) is 36.5 Å². The molecule has 0 bridgehead atoms. The number of methoxy groups -OCH3 is 1. The number of hydrogen-bond acceptors (Lipinski definition) is 5. The third-order valence-corrected chi connectivity index (χ3v) is 2.69. The summed E-state index contributed by atoms with van der Waals surface area (Å²) in [7, 11) is 1.35. The van der Waals surface area contributed by atoms with E-state index in [1.54, 1.807) is 18.2 Å². The number of nitro benzene ring substituents is 1. The molecule has 7 heteroatoms. The molecule has 102 valence electrons. The predicted octanol–water partition coefficient (Wildman–Crippen LogP) is 2.36. The van der Waals surface area contributed by atoms with Gasteiger partial charge < -0.3 is 9.84 Å². The normalized spacial score (nSPS) is 10.1. The largest absolute Gasteiger partial charge is 0.496 e. The summed E-state index contributed by atoms with van der Waals surface area (Å²) in [5.74, 6) is -1.18. The number of benzene rings is 1. The number of aromatic carboxylic acids is 1. The summed E-state index contributed by atoms with van der Waals surface area (Å²) in [5.41, 5.74) is -0.0664. The van der Waals surface area contributed by atoms with E-state index in [1.165, 1.54) is 19.4 Å². The van der Waals surface area contributed by atoms with Gasteiger partial charge in [-0.05, 0) is 18.2 Å². The molecule has 0 saturated heterocycles. The van der Waals surface area contributed by atoms with Crippen LogP contribution in [0.4, 0.5) is 5.69 Å². The lowest BCUT2D eigenvalue weighted by Gasteiger charge is -2.09. The molecular weight excluding hydrogens is 264 g/mol. The molecule has 0 spiro atoms. The maximum atomic E-state index is 11.1. The standard InChI is InChI=1S/C13H10N2O5/c1-20-12-7-11(15(18)19)9(13(16)17)6-8(12)10-4-2-3-5-14-10/h2-7H,1H3,(H,16,17). The quantitative estimate of drug-likeness (QED) is 0.678. The highest BCUT2D eigenvalue weighted by molar-refractivity contribution is 5.95. The average Bonchev–Trinajstić information content (AvgIpc) is 2.46. The minimum atomic E-state index is -1.38. The van der Waals surface area contributed by atoms with Gasteiger partial charge in [0.15, 0.2) is 0 Å². The van der Waals surface area contributed by atoms with Crippen LogP contribution in [-0.4, -0.2) is 28.1 Å². The Labute approximate surface area is 113 Å². The summed E-state index contributed by atoms with van der Waals surface area (Å²) in [5, 5.41) is 20.0. The first-order valence-electron chi connectivity index (χ1n) is 5.55. The van der Waals surface area contributed by atoms with Gasteiger partial charge >= 0.3 is 5.97 Å². The van der Waals surface area contributed by atoms with E-state index in [0.717, 1.165) is 6.07 Å². The second-order valence-electron chi connectivity index (χ2n) is 3.85. The number of carboxylic acid groups (broad SMARTS) is 1. The fraction of sp³-hybridized carbons (Fsp3) is 0.0769. The van der Waals surface area contributed by atoms with E-state index < -0.39 is 22.1 Å². The number of ether oxygens (including phenoxy) is 1. The van der Waals surface area contributed by atoms with Gasteiger partial charge in [0, 0.05) is 11.8 Å². The van der Waals surface area contributed by atoms with Gasteiger partial charge in [-0.25, -0.2) is 4.79 Å². The molecule has 0 saturated carbocycles. The van der Waals surface area contributed by atoms with E-state index in [9.17, 15) is 14.9 Å². The fourth-order valence-corrected chi connectivity index (χ4v) is 1.78. The molecule has 0 aliphatic rings. The van der Waals surface area contributed by atoms with Crippen LogP contribution in [0.5, 0.6) is 5.75 Å². The lowest BCUT2D eigenvalue weighted by Crippen LogP contribution is -2.04. The van der Waals surface area contributed by atoms with E-state index in [4.69, 9.17) is 9.84 Å². The second kappa shape index (κ2) is 5.35. The first-order chi connectivity index (χ1) is 9.54. The van der Waals surface area contributed by atoms with E-state index in [1.807, 2.05) is 0 Å². The van der Waals surface area contributed by atoms with Gasteiger partial charge in [0.05, 0.1) is 23.8 Å². The molecule has 0 aliphatic heterocycles. The number of carboxylic acids is 1. The molecule has 20 heavy (non-hydrogen) atoms. The second-order valence-corrected chi connectivity index (χ2v) is 3.85. The molecule has 0 unspecified atom stereocenters. The summed E-state index contributed by atoms with van der Waals surface area (Å²) in [6.45, 7) is 0. The maximum absolute atomic E-state index is 11.1. The van der Waals surface area contributed by atoms with Crippen molar-refractivity contribution >= 4 is 11.7 Å². The Hall–Kier alpha value is -2.96. The molecule has 1 aromatic carbocycles. The molecule has 0 atom stereocenters. The molecular formula is C13H10N2O5. The van der Waals surface area contributed by atoms with Crippen LogP contribution >= 0.6 is 0 Å². The predicted molar refractivity (Wildman–Crippen MR) is 69.8 cm³/mol. The highest BCUT2D eigenvalue weighted by Crippen LogP contribution is 2.35. The monoisotopic (exact) mass is 274 g/mol. The maximum Gasteiger partial charge on any atom is 0.342 e. The number of nitro groups is 1. The zero-order valence-electron chi connectivity index (χ0n) is 10.4. The third-order valence-electron chi connectivity index (χ3n) is 2.69. The molecule has 1 heterocycles. The molecule has 7 nitrogen and oxygen atoms in total. The third kappa shape index (κ3) is 2.41. The van der Waals surface area contributed by atoms with Crippen LogP contribution in [0.1, 0.15) is 10.4 Å². The number of carbonyl (C=O) groups is 1. The molecule has 1 N–H and O–H groups in total. The van der Waals surface area contributed by atoms with Gasteiger partial charge in [-0.2, -0.15) is 0 Å². The number of hydrogen-bond donors (Lipinski definition) is 1. The molecule has 0 amide bonds. The smallest absolute Gasteiger partial charge is 0.342 e. The van der Waals surface area contributed by atoms with Crippen molar-refractivity contribution in [2.24, 2.45) is 0 Å². The van der Waals surface area contributed by atoms with Gasteiger partial charge in [0.25, 0.3) is 5.69 Å². The number of nitrogens with zero attached hydrogens (tertiary/aromatic N) is 2. The van der Waals surface area contributed by atoms with Crippen LogP contribution in [-0.2, 0) is 0 Å². The van der Waals surface area contributed by atoms with Crippen molar-refractivity contribution in [2.75, 3.05) is 7.11 Å². The summed E-state index contributed by atoms with van der Waals surface area (Å²) in [6.07, 6.45) is 1.54. The van der Waals surface area contributed by atoms with Gasteiger partial charge in [0.1, 0.15) is 11.3 Å². The van der Waals surface area contributed by atoms with Crippen molar-refractivity contribution in [3.63, 3.8) is 0 Å². The van der Waals surface area contributed by atoms with Crippen LogP contribution in [0.3, 0.4) is 0 Å². The van der Waals surface area contributed by atoms with E-state index in [2.05, 4.69) is 4.98 Å². The lowest BCUT2D eigenvalue weighted by atomic mass is 10.0. The van der Waals surface area contributed by atoms with E-state index in [-0.39, 0.29) is 5.75 Å². The molecule has 0 fully saturated rings. The van der Waals surface area contributed by atoms with E-state index >= 15 is 0 Å². The summed E-state index contributed by atoms with van der Waals surface area (Å²) < 4.78 is 5.09. The summed E-state index contributed by atoms with van der Waals surface area (Å²) in [4.78, 5) is 25.4. The SMILES string of the molecule is COc1cc([N+](=O)[O-])c(C(=O)O)cc1-c1ccccn1. The Balaban J connectivity index is 2.72. The first-order valence-corrected chi connectivity index (χ1v) is 5.55. The van der Waals surface area contributed by atoms with Gasteiger partial charge in [0.2, 0.25) is 0 Å². The number of pyridine rings is 1. The van der Waals surface area contributed by atoms with Crippen molar-refractivity contribution in [1.82, 2.24) is 4.98 Å². The Morgan fingerprint density at radius 1 is 1.40 bits per heavy atom. The lowest BCUT2D eigenvalue weighted by molar-refractivity contribution is -0.385. The fourth-order valence-electron chi connectivity index (χ4n) is 1.78. The van der Waals surface area contributed by atoms with Gasteiger partial charge in [-0.15, -0.1) is 0 Å². The number of aromatic nitrogens is 1. The topological polar surface area (TPSA) is 103 Å². The zero-order valence-corrected chi connectivity index (χ0v) is 10.4. The van der Waals surface area contributed by atoms with Crippen molar-refractivity contribution in [2.45, 2.75) is 0 Å². The highest BCUT2D eigenvalue weighted by Gasteiger charge is 2.24. The Bertz CT molecular complexity index is 670. The molecule has 2 aromatic rings. The van der Waals surface area contributed by atoms with Crippen molar-refractivity contribution in [1.29, 1.82) is 0 Å². The first kappa shape index (κ1) is 13.5. The minimum absolute atomic E-state index is 0.195. The Morgan fingerprint density at radius 2 is 2.15 bits per heavy atom. The van der Waals surface area contributed by atoms with Crippen LogP contribution < -0.4 is 4.74 Å². The average molecular weight is 274 g/mol. The zero-order chi connectivity index (χ0) is 14.7. The Morgan fingerprint density at radius 3 is 2.65 bits per heavy atom. The summed E-state index contributed by atoms with van der Waals surface area (Å²) in [6, 6.07) is 7.38. The Kier molecular flexibility index (Phi) is 3.60. The minimum Gasteiger partial charge on any atom is -0.496 e. The van der Waals surface area contributed by atoms with Crippen molar-refractivity contribution in [3.8, 4) is 17.0 Å².